The Morgan fingerprint density at radius 1 is 0.941 bits per heavy atom. The summed E-state index contributed by atoms with van der Waals surface area (Å²) in [6, 6.07) is 17.5. The average molecular weight is 225 g/mol. The van der Waals surface area contributed by atoms with Crippen LogP contribution in [0.4, 0.5) is 0 Å². The van der Waals surface area contributed by atoms with Crippen LogP contribution in [0, 0.1) is 6.92 Å². The standard InChI is InChI=1S/C15H13O2/c1-2-15(16)17-14-10-8-13(9-11-14)12-6-4-3-5-7-12/h3-11H,1-2H2. The minimum Gasteiger partial charge on any atom is -0.427 e. The molecule has 0 unspecified atom stereocenters. The van der Waals surface area contributed by atoms with Crippen LogP contribution in [-0.2, 0) is 4.79 Å². The van der Waals surface area contributed by atoms with Gasteiger partial charge in [0.25, 0.3) is 0 Å². The van der Waals surface area contributed by atoms with Crippen LogP contribution < -0.4 is 4.74 Å². The normalized spacial score (nSPS) is 9.94. The number of ether oxygens (including phenoxy) is 1. The van der Waals surface area contributed by atoms with E-state index < -0.39 is 0 Å². The molecule has 17 heavy (non-hydrogen) atoms. The largest absolute Gasteiger partial charge is 0.427 e. The van der Waals surface area contributed by atoms with E-state index in [1.807, 2.05) is 42.5 Å². The Morgan fingerprint density at radius 3 is 2.12 bits per heavy atom. The summed E-state index contributed by atoms with van der Waals surface area (Å²) in [5, 5.41) is 0. The molecule has 2 heteroatoms. The molecule has 0 heterocycles. The summed E-state index contributed by atoms with van der Waals surface area (Å²) in [5.74, 6) is 0.232. The van der Waals surface area contributed by atoms with Crippen LogP contribution in [0.2, 0.25) is 0 Å². The van der Waals surface area contributed by atoms with E-state index in [2.05, 4.69) is 6.92 Å². The van der Waals surface area contributed by atoms with Crippen LogP contribution >= 0.6 is 0 Å². The molecule has 2 aromatic rings. The zero-order chi connectivity index (χ0) is 12.1. The van der Waals surface area contributed by atoms with Crippen LogP contribution in [0.15, 0.2) is 54.6 Å². The van der Waals surface area contributed by atoms with Gasteiger partial charge in [-0.1, -0.05) is 42.5 Å². The van der Waals surface area contributed by atoms with Gasteiger partial charge in [0.15, 0.2) is 0 Å². The van der Waals surface area contributed by atoms with Gasteiger partial charge in [0.1, 0.15) is 5.75 Å². The Kier molecular flexibility index (Phi) is 3.55. The van der Waals surface area contributed by atoms with Crippen molar-refractivity contribution >= 4 is 5.97 Å². The van der Waals surface area contributed by atoms with Crippen molar-refractivity contribution in [3.63, 3.8) is 0 Å². The van der Waals surface area contributed by atoms with Gasteiger partial charge in [0.2, 0.25) is 0 Å². The van der Waals surface area contributed by atoms with E-state index >= 15 is 0 Å². The van der Waals surface area contributed by atoms with Crippen LogP contribution in [-0.4, -0.2) is 5.97 Å². The zero-order valence-corrected chi connectivity index (χ0v) is 9.43. The van der Waals surface area contributed by atoms with E-state index in [0.717, 1.165) is 11.1 Å². The predicted octanol–water partition coefficient (Wildman–Crippen LogP) is 3.48. The number of carbonyl (C=O) groups excluding carboxylic acids is 1. The van der Waals surface area contributed by atoms with Crippen molar-refractivity contribution in [2.24, 2.45) is 0 Å². The van der Waals surface area contributed by atoms with Crippen LogP contribution in [0.25, 0.3) is 11.1 Å². The molecule has 2 rings (SSSR count). The van der Waals surface area contributed by atoms with E-state index in [1.165, 1.54) is 0 Å². The number of carbonyl (C=O) groups is 1. The summed E-state index contributed by atoms with van der Waals surface area (Å²) in [6.07, 6.45) is 0.139. The maximum atomic E-state index is 11.1. The van der Waals surface area contributed by atoms with Crippen molar-refractivity contribution in [2.75, 3.05) is 0 Å². The van der Waals surface area contributed by atoms with E-state index in [1.54, 1.807) is 12.1 Å². The first-order valence-corrected chi connectivity index (χ1v) is 5.45. The molecule has 85 valence electrons. The maximum Gasteiger partial charge on any atom is 0.311 e. The van der Waals surface area contributed by atoms with E-state index in [4.69, 9.17) is 4.74 Å². The quantitative estimate of drug-likeness (QED) is 0.590. The van der Waals surface area contributed by atoms with Crippen molar-refractivity contribution in [3.05, 3.63) is 61.5 Å². The molecule has 0 amide bonds. The molecule has 0 saturated carbocycles. The summed E-state index contributed by atoms with van der Waals surface area (Å²) in [5.41, 5.74) is 2.24. The van der Waals surface area contributed by atoms with Crippen molar-refractivity contribution in [3.8, 4) is 16.9 Å². The van der Waals surface area contributed by atoms with Gasteiger partial charge in [-0.2, -0.15) is 0 Å². The highest BCUT2D eigenvalue weighted by Gasteiger charge is 2.02. The molecule has 0 saturated heterocycles. The number of benzene rings is 2. The van der Waals surface area contributed by atoms with Gasteiger partial charge >= 0.3 is 5.97 Å². The third-order valence-electron chi connectivity index (χ3n) is 2.40. The van der Waals surface area contributed by atoms with Crippen molar-refractivity contribution < 1.29 is 9.53 Å². The summed E-state index contributed by atoms with van der Waals surface area (Å²) < 4.78 is 5.05. The third-order valence-corrected chi connectivity index (χ3v) is 2.40. The predicted molar refractivity (Wildman–Crippen MR) is 67.5 cm³/mol. The molecule has 2 aromatic carbocycles. The highest BCUT2D eigenvalue weighted by atomic mass is 16.5. The van der Waals surface area contributed by atoms with E-state index in [-0.39, 0.29) is 12.4 Å². The van der Waals surface area contributed by atoms with Gasteiger partial charge in [-0.15, -0.1) is 0 Å². The van der Waals surface area contributed by atoms with Gasteiger partial charge in [0.05, 0.1) is 0 Å². The maximum absolute atomic E-state index is 11.1. The minimum atomic E-state index is -0.322. The Labute approximate surface area is 101 Å². The first-order chi connectivity index (χ1) is 8.29. The Morgan fingerprint density at radius 2 is 1.53 bits per heavy atom. The molecule has 1 radical (unpaired) electrons. The minimum absolute atomic E-state index is 0.139. The molecule has 0 bridgehead atoms. The number of hydrogen-bond acceptors (Lipinski definition) is 2. The van der Waals surface area contributed by atoms with Crippen molar-refractivity contribution in [1.29, 1.82) is 0 Å². The van der Waals surface area contributed by atoms with Crippen LogP contribution in [0.3, 0.4) is 0 Å². The first-order valence-electron chi connectivity index (χ1n) is 5.45. The Bertz CT molecular complexity index is 486. The Balaban J connectivity index is 2.16. The molecule has 0 aliphatic rings. The second-order valence-corrected chi connectivity index (χ2v) is 3.61. The number of rotatable bonds is 3. The molecule has 0 spiro atoms. The lowest BCUT2D eigenvalue weighted by Gasteiger charge is -2.04. The molecule has 0 atom stereocenters. The van der Waals surface area contributed by atoms with E-state index in [0.29, 0.717) is 5.75 Å². The molecule has 0 aliphatic heterocycles. The molecule has 2 nitrogen and oxygen atoms in total. The molecule has 0 fully saturated rings. The lowest BCUT2D eigenvalue weighted by Crippen LogP contribution is -2.05. The highest BCUT2D eigenvalue weighted by Crippen LogP contribution is 2.22. The smallest absolute Gasteiger partial charge is 0.311 e. The summed E-state index contributed by atoms with van der Waals surface area (Å²) in [6.45, 7) is 3.47. The highest BCUT2D eigenvalue weighted by molar-refractivity contribution is 5.73. The van der Waals surface area contributed by atoms with Gasteiger partial charge in [0, 0.05) is 6.42 Å². The molecule has 0 aliphatic carbocycles. The van der Waals surface area contributed by atoms with Crippen molar-refractivity contribution in [1.82, 2.24) is 0 Å². The van der Waals surface area contributed by atoms with Gasteiger partial charge < -0.3 is 4.74 Å². The SMILES string of the molecule is [CH2]CC(=O)Oc1ccc(-c2ccccc2)cc1. The summed E-state index contributed by atoms with van der Waals surface area (Å²) in [4.78, 5) is 11.1. The second kappa shape index (κ2) is 5.30. The van der Waals surface area contributed by atoms with Crippen LogP contribution in [0.1, 0.15) is 6.42 Å². The lowest BCUT2D eigenvalue weighted by molar-refractivity contribution is -0.133. The fourth-order valence-corrected chi connectivity index (χ4v) is 1.53. The zero-order valence-electron chi connectivity index (χ0n) is 9.43. The van der Waals surface area contributed by atoms with Gasteiger partial charge in [-0.3, -0.25) is 4.79 Å². The molecular weight excluding hydrogens is 212 g/mol. The topological polar surface area (TPSA) is 26.3 Å². The number of esters is 1. The van der Waals surface area contributed by atoms with Crippen LogP contribution in [0.5, 0.6) is 5.75 Å². The number of hydrogen-bond donors (Lipinski definition) is 0. The first kappa shape index (κ1) is 11.4. The third kappa shape index (κ3) is 2.94. The van der Waals surface area contributed by atoms with E-state index in [9.17, 15) is 4.79 Å². The van der Waals surface area contributed by atoms with Gasteiger partial charge in [-0.05, 0) is 30.2 Å². The summed E-state index contributed by atoms with van der Waals surface area (Å²) >= 11 is 0. The molecule has 0 aromatic heterocycles. The monoisotopic (exact) mass is 225 g/mol. The fourth-order valence-electron chi connectivity index (χ4n) is 1.53. The lowest BCUT2D eigenvalue weighted by atomic mass is 10.1. The fraction of sp³-hybridized carbons (Fsp3) is 0.0667. The van der Waals surface area contributed by atoms with Crippen molar-refractivity contribution in [2.45, 2.75) is 6.42 Å². The molecule has 0 N–H and O–H groups in total. The molecular formula is C15H13O2. The second-order valence-electron chi connectivity index (χ2n) is 3.61. The summed E-state index contributed by atoms with van der Waals surface area (Å²) in [7, 11) is 0. The van der Waals surface area contributed by atoms with Gasteiger partial charge in [-0.25, -0.2) is 0 Å². The Hall–Kier alpha value is -2.09. The average Bonchev–Trinajstić information content (AvgIpc) is 2.40.